The summed E-state index contributed by atoms with van der Waals surface area (Å²) < 4.78 is 10.9. The quantitative estimate of drug-likeness (QED) is 0.774. The predicted octanol–water partition coefficient (Wildman–Crippen LogP) is 1.68. The molecule has 154 valence electrons. The Hall–Kier alpha value is -2.16. The van der Waals surface area contributed by atoms with Gasteiger partial charge >= 0.3 is 0 Å². The predicted molar refractivity (Wildman–Crippen MR) is 107 cm³/mol. The maximum absolute atomic E-state index is 12.7. The van der Waals surface area contributed by atoms with Crippen molar-refractivity contribution < 1.29 is 14.1 Å². The summed E-state index contributed by atoms with van der Waals surface area (Å²) in [4.78, 5) is 21.0. The lowest BCUT2D eigenvalue weighted by Gasteiger charge is -2.35. The van der Waals surface area contributed by atoms with Gasteiger partial charge in [0.05, 0.1) is 13.1 Å². The van der Waals surface area contributed by atoms with Crippen LogP contribution in [0.3, 0.4) is 0 Å². The standard InChI is InChI=1S/C19H27N5O3.ClH/c1-13-4-5-16(14(2)10-13)26-15(3)19(25)24-8-6-23(7-9-24)12-17-21-18(11-20)27-22-17;/h4-5,10,15H,6-9,11-12,20H2,1-3H3;1H. The van der Waals surface area contributed by atoms with Gasteiger partial charge in [-0.15, -0.1) is 12.4 Å². The summed E-state index contributed by atoms with van der Waals surface area (Å²) >= 11 is 0. The van der Waals surface area contributed by atoms with Gasteiger partial charge in [-0.2, -0.15) is 4.98 Å². The normalized spacial score (nSPS) is 15.8. The number of piperazine rings is 1. The van der Waals surface area contributed by atoms with Crippen molar-refractivity contribution in [3.8, 4) is 5.75 Å². The van der Waals surface area contributed by atoms with E-state index in [2.05, 4.69) is 21.1 Å². The number of nitrogens with zero attached hydrogens (tertiary/aromatic N) is 4. The molecule has 1 aromatic carbocycles. The number of ether oxygens (including phenoxy) is 1. The van der Waals surface area contributed by atoms with Gasteiger partial charge in [-0.3, -0.25) is 9.69 Å². The smallest absolute Gasteiger partial charge is 0.263 e. The first-order valence-corrected chi connectivity index (χ1v) is 9.23. The van der Waals surface area contributed by atoms with E-state index in [0.29, 0.717) is 31.3 Å². The number of hydrogen-bond donors (Lipinski definition) is 1. The van der Waals surface area contributed by atoms with Crippen LogP contribution in [0.15, 0.2) is 22.7 Å². The van der Waals surface area contributed by atoms with Crippen molar-refractivity contribution in [1.29, 1.82) is 0 Å². The van der Waals surface area contributed by atoms with Crippen LogP contribution in [0, 0.1) is 13.8 Å². The van der Waals surface area contributed by atoms with E-state index in [1.54, 1.807) is 0 Å². The number of carbonyl (C=O) groups is 1. The van der Waals surface area contributed by atoms with Crippen LogP contribution >= 0.6 is 12.4 Å². The molecule has 1 aromatic heterocycles. The molecule has 2 N–H and O–H groups in total. The summed E-state index contributed by atoms with van der Waals surface area (Å²) in [6.45, 7) is 9.50. The van der Waals surface area contributed by atoms with Crippen LogP contribution in [0.1, 0.15) is 29.8 Å². The van der Waals surface area contributed by atoms with Gasteiger partial charge in [-0.05, 0) is 32.4 Å². The van der Waals surface area contributed by atoms with Crippen molar-refractivity contribution in [3.63, 3.8) is 0 Å². The summed E-state index contributed by atoms with van der Waals surface area (Å²) in [6, 6.07) is 5.97. The summed E-state index contributed by atoms with van der Waals surface area (Å²) in [7, 11) is 0. The highest BCUT2D eigenvalue weighted by Crippen LogP contribution is 2.21. The Morgan fingerprint density at radius 2 is 2.00 bits per heavy atom. The number of rotatable bonds is 6. The average Bonchev–Trinajstić information content (AvgIpc) is 3.11. The molecule has 9 heteroatoms. The van der Waals surface area contributed by atoms with E-state index < -0.39 is 6.10 Å². The number of benzene rings is 1. The highest BCUT2D eigenvalue weighted by atomic mass is 35.5. The topological polar surface area (TPSA) is 97.7 Å². The first-order chi connectivity index (χ1) is 13.0. The van der Waals surface area contributed by atoms with Crippen molar-refractivity contribution >= 4 is 18.3 Å². The zero-order chi connectivity index (χ0) is 19.4. The van der Waals surface area contributed by atoms with Crippen LogP contribution in [-0.4, -0.2) is 58.1 Å². The van der Waals surface area contributed by atoms with E-state index in [1.165, 1.54) is 5.56 Å². The second kappa shape index (κ2) is 9.86. The molecule has 8 nitrogen and oxygen atoms in total. The molecule has 1 atom stereocenters. The second-order valence-corrected chi connectivity index (χ2v) is 6.94. The van der Waals surface area contributed by atoms with Crippen LogP contribution in [0.2, 0.25) is 0 Å². The fourth-order valence-corrected chi connectivity index (χ4v) is 3.19. The maximum Gasteiger partial charge on any atom is 0.263 e. The Labute approximate surface area is 171 Å². The summed E-state index contributed by atoms with van der Waals surface area (Å²) in [6.07, 6.45) is -0.512. The van der Waals surface area contributed by atoms with Crippen LogP contribution in [0.4, 0.5) is 0 Å². The molecule has 0 radical (unpaired) electrons. The fourth-order valence-electron chi connectivity index (χ4n) is 3.19. The third kappa shape index (κ3) is 5.43. The lowest BCUT2D eigenvalue weighted by atomic mass is 10.1. The summed E-state index contributed by atoms with van der Waals surface area (Å²) in [5, 5.41) is 3.92. The van der Waals surface area contributed by atoms with Gasteiger partial charge in [0.1, 0.15) is 5.75 Å². The molecule has 1 fully saturated rings. The minimum absolute atomic E-state index is 0. The largest absolute Gasteiger partial charge is 0.481 e. The molecule has 1 saturated heterocycles. The number of halogens is 1. The van der Waals surface area contributed by atoms with Crippen LogP contribution in [0.25, 0.3) is 0 Å². The van der Waals surface area contributed by atoms with Crippen LogP contribution in [0.5, 0.6) is 5.75 Å². The van der Waals surface area contributed by atoms with Crippen molar-refractivity contribution in [3.05, 3.63) is 41.0 Å². The molecule has 2 aromatic rings. The number of amides is 1. The zero-order valence-electron chi connectivity index (χ0n) is 16.6. The lowest BCUT2D eigenvalue weighted by Crippen LogP contribution is -2.51. The third-order valence-corrected chi connectivity index (χ3v) is 4.72. The Morgan fingerprint density at radius 1 is 1.29 bits per heavy atom. The molecule has 0 aliphatic carbocycles. The van der Waals surface area contributed by atoms with E-state index in [-0.39, 0.29) is 24.9 Å². The van der Waals surface area contributed by atoms with Gasteiger partial charge in [0, 0.05) is 26.2 Å². The van der Waals surface area contributed by atoms with Gasteiger partial charge in [-0.1, -0.05) is 22.9 Å². The summed E-state index contributed by atoms with van der Waals surface area (Å²) in [5.41, 5.74) is 7.70. The van der Waals surface area contributed by atoms with Crippen LogP contribution < -0.4 is 10.5 Å². The Bertz CT molecular complexity index is 790. The molecular weight excluding hydrogens is 382 g/mol. The van der Waals surface area contributed by atoms with E-state index in [0.717, 1.165) is 24.4 Å². The van der Waals surface area contributed by atoms with E-state index in [1.807, 2.05) is 37.8 Å². The van der Waals surface area contributed by atoms with Gasteiger partial charge < -0.3 is 19.9 Å². The van der Waals surface area contributed by atoms with Gasteiger partial charge in [0.2, 0.25) is 5.89 Å². The molecule has 1 aliphatic rings. The third-order valence-electron chi connectivity index (χ3n) is 4.72. The number of aryl methyl sites for hydroxylation is 2. The van der Waals surface area contributed by atoms with Crippen molar-refractivity contribution in [1.82, 2.24) is 19.9 Å². The molecule has 0 spiro atoms. The Morgan fingerprint density at radius 3 is 2.61 bits per heavy atom. The molecule has 2 heterocycles. The number of carbonyl (C=O) groups excluding carboxylic acids is 1. The van der Waals surface area contributed by atoms with Crippen molar-refractivity contribution in [2.24, 2.45) is 5.73 Å². The van der Waals surface area contributed by atoms with Gasteiger partial charge in [0.15, 0.2) is 11.9 Å². The SMILES string of the molecule is Cc1ccc(OC(C)C(=O)N2CCN(Cc3noc(CN)n3)CC2)c(C)c1.Cl. The molecular formula is C19H28ClN5O3. The molecule has 0 saturated carbocycles. The van der Waals surface area contributed by atoms with E-state index in [4.69, 9.17) is 15.0 Å². The first-order valence-electron chi connectivity index (χ1n) is 9.23. The average molecular weight is 410 g/mol. The Kier molecular flexibility index (Phi) is 7.79. The maximum atomic E-state index is 12.7. The van der Waals surface area contributed by atoms with E-state index >= 15 is 0 Å². The molecule has 28 heavy (non-hydrogen) atoms. The monoisotopic (exact) mass is 409 g/mol. The molecule has 1 amide bonds. The lowest BCUT2D eigenvalue weighted by molar-refractivity contribution is -0.139. The minimum Gasteiger partial charge on any atom is -0.481 e. The molecule has 1 unspecified atom stereocenters. The van der Waals surface area contributed by atoms with Gasteiger partial charge in [0.25, 0.3) is 5.91 Å². The second-order valence-electron chi connectivity index (χ2n) is 6.94. The number of nitrogens with two attached hydrogens (primary N) is 1. The van der Waals surface area contributed by atoms with Crippen LogP contribution in [-0.2, 0) is 17.9 Å². The highest BCUT2D eigenvalue weighted by molar-refractivity contribution is 5.85. The van der Waals surface area contributed by atoms with Crippen molar-refractivity contribution in [2.45, 2.75) is 40.0 Å². The highest BCUT2D eigenvalue weighted by Gasteiger charge is 2.27. The molecule has 0 bridgehead atoms. The van der Waals surface area contributed by atoms with Crippen molar-refractivity contribution in [2.75, 3.05) is 26.2 Å². The Balaban J connectivity index is 0.00000280. The van der Waals surface area contributed by atoms with Gasteiger partial charge in [-0.25, -0.2) is 0 Å². The number of hydrogen-bond acceptors (Lipinski definition) is 7. The molecule has 1 aliphatic heterocycles. The van der Waals surface area contributed by atoms with E-state index in [9.17, 15) is 4.79 Å². The number of aromatic nitrogens is 2. The minimum atomic E-state index is -0.512. The zero-order valence-corrected chi connectivity index (χ0v) is 17.4. The molecule has 3 rings (SSSR count). The first kappa shape index (κ1) is 22.1. The summed E-state index contributed by atoms with van der Waals surface area (Å²) in [5.74, 6) is 1.84. The fraction of sp³-hybridized carbons (Fsp3) is 0.526.